The van der Waals surface area contributed by atoms with Gasteiger partial charge in [0.05, 0.1) is 6.10 Å². The first kappa shape index (κ1) is 16.4. The maximum atomic E-state index is 12.9. The van der Waals surface area contributed by atoms with E-state index in [9.17, 15) is 14.3 Å². The van der Waals surface area contributed by atoms with Gasteiger partial charge in [-0.05, 0) is 43.4 Å². The number of urea groups is 1. The normalized spacial score (nSPS) is 13.6. The summed E-state index contributed by atoms with van der Waals surface area (Å²) in [7, 11) is 0. The number of nitrogens with one attached hydrogen (secondary N) is 2. The first-order valence-corrected chi connectivity index (χ1v) is 6.91. The molecule has 0 spiro atoms. The molecule has 0 saturated carbocycles. The van der Waals surface area contributed by atoms with Gasteiger partial charge in [0.15, 0.2) is 0 Å². The monoisotopic (exact) mass is 282 g/mol. The van der Waals surface area contributed by atoms with E-state index in [-0.39, 0.29) is 23.9 Å². The van der Waals surface area contributed by atoms with Crippen molar-refractivity contribution in [1.29, 1.82) is 0 Å². The molecule has 0 bridgehead atoms. The van der Waals surface area contributed by atoms with Crippen LogP contribution in [0.5, 0.6) is 0 Å². The molecule has 0 fully saturated rings. The molecule has 4 nitrogen and oxygen atoms in total. The molecule has 2 atom stereocenters. The number of benzene rings is 1. The van der Waals surface area contributed by atoms with Gasteiger partial charge in [-0.15, -0.1) is 0 Å². The number of hydrogen-bond acceptors (Lipinski definition) is 2. The van der Waals surface area contributed by atoms with Crippen LogP contribution in [-0.2, 0) is 6.42 Å². The second-order valence-electron chi connectivity index (χ2n) is 5.21. The lowest BCUT2D eigenvalue weighted by Gasteiger charge is -2.14. The number of aliphatic hydroxyl groups excluding tert-OH is 1. The Morgan fingerprint density at radius 1 is 1.35 bits per heavy atom. The number of aliphatic hydroxyl groups is 1. The van der Waals surface area contributed by atoms with Crippen molar-refractivity contribution in [2.24, 2.45) is 5.92 Å². The summed E-state index contributed by atoms with van der Waals surface area (Å²) in [6, 6.07) is 6.10. The van der Waals surface area contributed by atoms with Crippen LogP contribution in [0.15, 0.2) is 24.3 Å². The number of hydrogen-bond donors (Lipinski definition) is 3. The molecule has 0 saturated heterocycles. The summed E-state index contributed by atoms with van der Waals surface area (Å²) in [4.78, 5) is 11.5. The molecule has 0 aliphatic rings. The molecule has 0 heterocycles. The highest BCUT2D eigenvalue weighted by atomic mass is 19.1. The third-order valence-corrected chi connectivity index (χ3v) is 2.94. The standard InChI is InChI=1S/C15H23FN2O2/c1-11(8-12(2)19)10-18-15(20)17-7-6-13-4-3-5-14(16)9-13/h3-5,9,11-12,19H,6-8,10H2,1-2H3,(H2,17,18,20). The molecule has 20 heavy (non-hydrogen) atoms. The highest BCUT2D eigenvalue weighted by molar-refractivity contribution is 5.73. The second-order valence-corrected chi connectivity index (χ2v) is 5.21. The Morgan fingerprint density at radius 2 is 2.10 bits per heavy atom. The van der Waals surface area contributed by atoms with Crippen LogP contribution in [0.25, 0.3) is 0 Å². The van der Waals surface area contributed by atoms with E-state index >= 15 is 0 Å². The molecule has 1 aromatic rings. The van der Waals surface area contributed by atoms with Gasteiger partial charge in [-0.25, -0.2) is 9.18 Å². The van der Waals surface area contributed by atoms with Crippen molar-refractivity contribution in [2.75, 3.05) is 13.1 Å². The molecular formula is C15H23FN2O2. The van der Waals surface area contributed by atoms with Crippen LogP contribution in [0.2, 0.25) is 0 Å². The van der Waals surface area contributed by atoms with Crippen molar-refractivity contribution in [1.82, 2.24) is 10.6 Å². The Balaban J connectivity index is 2.17. The van der Waals surface area contributed by atoms with Crippen LogP contribution < -0.4 is 10.6 Å². The van der Waals surface area contributed by atoms with Crippen molar-refractivity contribution >= 4 is 6.03 Å². The zero-order valence-electron chi connectivity index (χ0n) is 12.0. The summed E-state index contributed by atoms with van der Waals surface area (Å²) < 4.78 is 12.9. The zero-order valence-corrected chi connectivity index (χ0v) is 12.0. The van der Waals surface area contributed by atoms with Crippen molar-refractivity contribution in [2.45, 2.75) is 32.8 Å². The molecule has 0 aromatic heterocycles. The second kappa shape index (κ2) is 8.53. The van der Waals surface area contributed by atoms with E-state index in [1.165, 1.54) is 12.1 Å². The molecule has 112 valence electrons. The predicted octanol–water partition coefficient (Wildman–Crippen LogP) is 2.07. The highest BCUT2D eigenvalue weighted by Crippen LogP contribution is 2.04. The smallest absolute Gasteiger partial charge is 0.314 e. The van der Waals surface area contributed by atoms with Gasteiger partial charge in [-0.3, -0.25) is 0 Å². The molecule has 2 amide bonds. The lowest BCUT2D eigenvalue weighted by molar-refractivity contribution is 0.163. The van der Waals surface area contributed by atoms with Gasteiger partial charge in [0.1, 0.15) is 5.82 Å². The average molecular weight is 282 g/mol. The van der Waals surface area contributed by atoms with Crippen LogP contribution in [0.4, 0.5) is 9.18 Å². The largest absolute Gasteiger partial charge is 0.393 e. The number of rotatable bonds is 7. The summed E-state index contributed by atoms with van der Waals surface area (Å²) >= 11 is 0. The van der Waals surface area contributed by atoms with E-state index in [4.69, 9.17) is 0 Å². The number of carbonyl (C=O) groups excluding carboxylic acids is 1. The molecule has 1 aromatic carbocycles. The predicted molar refractivity (Wildman–Crippen MR) is 77.0 cm³/mol. The van der Waals surface area contributed by atoms with Crippen LogP contribution in [-0.4, -0.2) is 30.3 Å². The Labute approximate surface area is 119 Å². The van der Waals surface area contributed by atoms with E-state index in [1.807, 2.05) is 13.0 Å². The summed E-state index contributed by atoms with van der Waals surface area (Å²) in [5, 5.41) is 14.7. The highest BCUT2D eigenvalue weighted by Gasteiger charge is 2.07. The Hall–Kier alpha value is -1.62. The topological polar surface area (TPSA) is 61.4 Å². The molecule has 0 aliphatic carbocycles. The van der Waals surface area contributed by atoms with E-state index in [0.717, 1.165) is 5.56 Å². The zero-order chi connectivity index (χ0) is 15.0. The molecule has 0 radical (unpaired) electrons. The minimum Gasteiger partial charge on any atom is -0.393 e. The first-order chi connectivity index (χ1) is 9.47. The van der Waals surface area contributed by atoms with E-state index in [0.29, 0.717) is 25.9 Å². The van der Waals surface area contributed by atoms with Crippen LogP contribution >= 0.6 is 0 Å². The van der Waals surface area contributed by atoms with Crippen LogP contribution in [0.3, 0.4) is 0 Å². The quantitative estimate of drug-likeness (QED) is 0.717. The van der Waals surface area contributed by atoms with Crippen molar-refractivity contribution in [3.8, 4) is 0 Å². The summed E-state index contributed by atoms with van der Waals surface area (Å²) in [6.45, 7) is 4.69. The van der Waals surface area contributed by atoms with Crippen LogP contribution in [0.1, 0.15) is 25.8 Å². The Kier molecular flexibility index (Phi) is 7.01. The number of amides is 2. The minimum absolute atomic E-state index is 0.226. The third kappa shape index (κ3) is 7.09. The fourth-order valence-electron chi connectivity index (χ4n) is 2.01. The molecule has 5 heteroatoms. The van der Waals surface area contributed by atoms with E-state index in [1.54, 1.807) is 13.0 Å². The van der Waals surface area contributed by atoms with Gasteiger partial charge >= 0.3 is 6.03 Å². The average Bonchev–Trinajstić information content (AvgIpc) is 2.36. The van der Waals surface area contributed by atoms with Crippen LogP contribution in [0, 0.1) is 11.7 Å². The summed E-state index contributed by atoms with van der Waals surface area (Å²) in [5.74, 6) is -0.0390. The van der Waals surface area contributed by atoms with E-state index < -0.39 is 0 Å². The Bertz CT molecular complexity index is 424. The minimum atomic E-state index is -0.358. The molecule has 0 aliphatic heterocycles. The van der Waals surface area contributed by atoms with Gasteiger partial charge in [-0.2, -0.15) is 0 Å². The molecule has 3 N–H and O–H groups in total. The summed E-state index contributed by atoms with van der Waals surface area (Å²) in [5.41, 5.74) is 0.854. The molecular weight excluding hydrogens is 259 g/mol. The van der Waals surface area contributed by atoms with Gasteiger partial charge in [0.25, 0.3) is 0 Å². The fraction of sp³-hybridized carbons (Fsp3) is 0.533. The van der Waals surface area contributed by atoms with E-state index in [2.05, 4.69) is 10.6 Å². The number of halogens is 1. The Morgan fingerprint density at radius 3 is 2.75 bits per heavy atom. The number of carbonyl (C=O) groups is 1. The fourth-order valence-corrected chi connectivity index (χ4v) is 2.01. The lowest BCUT2D eigenvalue weighted by atomic mass is 10.1. The summed E-state index contributed by atoms with van der Waals surface area (Å²) in [6.07, 6.45) is 0.890. The van der Waals surface area contributed by atoms with Crippen molar-refractivity contribution in [3.05, 3.63) is 35.6 Å². The SMILES string of the molecule is CC(O)CC(C)CNC(=O)NCCc1cccc(F)c1. The van der Waals surface area contributed by atoms with Crippen molar-refractivity contribution in [3.63, 3.8) is 0 Å². The molecule has 2 unspecified atom stereocenters. The first-order valence-electron chi connectivity index (χ1n) is 6.91. The third-order valence-electron chi connectivity index (χ3n) is 2.94. The lowest BCUT2D eigenvalue weighted by Crippen LogP contribution is -2.39. The molecule has 1 rings (SSSR count). The van der Waals surface area contributed by atoms with Gasteiger partial charge < -0.3 is 15.7 Å². The van der Waals surface area contributed by atoms with Gasteiger partial charge in [0, 0.05) is 13.1 Å². The van der Waals surface area contributed by atoms with Gasteiger partial charge in [-0.1, -0.05) is 19.1 Å². The van der Waals surface area contributed by atoms with Gasteiger partial charge in [0.2, 0.25) is 0 Å². The maximum Gasteiger partial charge on any atom is 0.314 e. The van der Waals surface area contributed by atoms with Crippen molar-refractivity contribution < 1.29 is 14.3 Å². The maximum absolute atomic E-state index is 12.9.